The molecule has 0 bridgehead atoms. The standard InChI is InChI=1S/C7H6FNO.C7H11NS/c8-6-3-1-5(2-4-6)7(9)10;1-7(2,3)6-4-9-5-8-6/h1-4H,(H2,9,10);4-5H,1-3H3. The number of hydrogen-bond donors (Lipinski definition) is 1. The van der Waals surface area contributed by atoms with Crippen LogP contribution in [0, 0.1) is 5.82 Å². The van der Waals surface area contributed by atoms with Gasteiger partial charge in [0.2, 0.25) is 5.91 Å². The minimum atomic E-state index is -0.542. The molecule has 19 heavy (non-hydrogen) atoms. The first-order valence-electron chi connectivity index (χ1n) is 5.75. The number of nitrogens with zero attached hydrogens (tertiary/aromatic N) is 1. The summed E-state index contributed by atoms with van der Waals surface area (Å²) in [7, 11) is 0. The molecule has 2 rings (SSSR count). The van der Waals surface area contributed by atoms with Gasteiger partial charge in [0.1, 0.15) is 5.82 Å². The maximum atomic E-state index is 12.2. The van der Waals surface area contributed by atoms with Gasteiger partial charge >= 0.3 is 0 Å². The van der Waals surface area contributed by atoms with Crippen LogP contribution >= 0.6 is 11.3 Å². The Labute approximate surface area is 116 Å². The molecule has 0 saturated carbocycles. The second kappa shape index (κ2) is 6.43. The zero-order valence-electron chi connectivity index (χ0n) is 11.2. The topological polar surface area (TPSA) is 56.0 Å². The minimum absolute atomic E-state index is 0.222. The van der Waals surface area contributed by atoms with Gasteiger partial charge in [0.25, 0.3) is 0 Å². The molecule has 1 aromatic heterocycles. The number of hydrogen-bond acceptors (Lipinski definition) is 3. The van der Waals surface area contributed by atoms with E-state index in [0.29, 0.717) is 5.56 Å². The van der Waals surface area contributed by atoms with E-state index in [1.807, 2.05) is 5.51 Å². The molecule has 1 aromatic carbocycles. The van der Waals surface area contributed by atoms with E-state index < -0.39 is 5.91 Å². The van der Waals surface area contributed by atoms with Gasteiger partial charge in [-0.05, 0) is 24.3 Å². The van der Waals surface area contributed by atoms with Gasteiger partial charge < -0.3 is 5.73 Å². The molecule has 0 aliphatic heterocycles. The highest BCUT2D eigenvalue weighted by Crippen LogP contribution is 2.20. The van der Waals surface area contributed by atoms with E-state index in [1.165, 1.54) is 30.0 Å². The van der Waals surface area contributed by atoms with Crippen molar-refractivity contribution in [2.24, 2.45) is 5.73 Å². The highest BCUT2D eigenvalue weighted by atomic mass is 32.1. The molecule has 2 N–H and O–H groups in total. The third-order valence-corrected chi connectivity index (χ3v) is 2.92. The number of primary amides is 1. The average Bonchev–Trinajstić information content (AvgIpc) is 2.83. The maximum absolute atomic E-state index is 12.2. The Morgan fingerprint density at radius 2 is 1.84 bits per heavy atom. The molecule has 0 radical (unpaired) electrons. The Hall–Kier alpha value is -1.75. The van der Waals surface area contributed by atoms with E-state index in [-0.39, 0.29) is 11.2 Å². The Morgan fingerprint density at radius 1 is 1.26 bits per heavy atom. The zero-order chi connectivity index (χ0) is 14.5. The lowest BCUT2D eigenvalue weighted by Gasteiger charge is -2.13. The van der Waals surface area contributed by atoms with Crippen molar-refractivity contribution >= 4 is 17.2 Å². The van der Waals surface area contributed by atoms with Crippen molar-refractivity contribution in [3.8, 4) is 0 Å². The zero-order valence-corrected chi connectivity index (χ0v) is 12.0. The first kappa shape index (κ1) is 15.3. The van der Waals surface area contributed by atoms with Gasteiger partial charge in [-0.2, -0.15) is 0 Å². The van der Waals surface area contributed by atoms with Crippen LogP contribution in [0.5, 0.6) is 0 Å². The number of thiazole rings is 1. The van der Waals surface area contributed by atoms with Crippen molar-refractivity contribution < 1.29 is 9.18 Å². The number of nitrogens with two attached hydrogens (primary N) is 1. The second-order valence-corrected chi connectivity index (χ2v) is 5.71. The second-order valence-electron chi connectivity index (χ2n) is 4.99. The van der Waals surface area contributed by atoms with Gasteiger partial charge in [-0.15, -0.1) is 11.3 Å². The Morgan fingerprint density at radius 3 is 2.16 bits per heavy atom. The fourth-order valence-electron chi connectivity index (χ4n) is 1.20. The fourth-order valence-corrected chi connectivity index (χ4v) is 1.98. The van der Waals surface area contributed by atoms with Gasteiger partial charge in [0.15, 0.2) is 0 Å². The molecular weight excluding hydrogens is 263 g/mol. The van der Waals surface area contributed by atoms with Crippen molar-refractivity contribution in [3.05, 3.63) is 52.2 Å². The molecule has 3 nitrogen and oxygen atoms in total. The van der Waals surface area contributed by atoms with Gasteiger partial charge in [-0.3, -0.25) is 4.79 Å². The summed E-state index contributed by atoms with van der Waals surface area (Å²) in [5.74, 6) is -0.912. The molecule has 0 aliphatic carbocycles. The molecular formula is C14H17FN2OS. The number of amides is 1. The van der Waals surface area contributed by atoms with Gasteiger partial charge in [0, 0.05) is 16.4 Å². The minimum Gasteiger partial charge on any atom is -0.366 e. The predicted molar refractivity (Wildman–Crippen MR) is 75.7 cm³/mol. The van der Waals surface area contributed by atoms with Crippen LogP contribution in [0.4, 0.5) is 4.39 Å². The van der Waals surface area contributed by atoms with Crippen LogP contribution in [0.2, 0.25) is 0 Å². The van der Waals surface area contributed by atoms with Crippen molar-refractivity contribution in [3.63, 3.8) is 0 Å². The van der Waals surface area contributed by atoms with Gasteiger partial charge in [-0.1, -0.05) is 20.8 Å². The van der Waals surface area contributed by atoms with Crippen LogP contribution in [0.1, 0.15) is 36.8 Å². The van der Waals surface area contributed by atoms with E-state index in [2.05, 4.69) is 31.1 Å². The van der Waals surface area contributed by atoms with Crippen LogP contribution in [-0.4, -0.2) is 10.9 Å². The summed E-state index contributed by atoms with van der Waals surface area (Å²) in [6.45, 7) is 6.51. The first-order valence-corrected chi connectivity index (χ1v) is 6.69. The molecule has 102 valence electrons. The molecule has 0 spiro atoms. The summed E-state index contributed by atoms with van der Waals surface area (Å²) in [6, 6.07) is 5.08. The van der Waals surface area contributed by atoms with E-state index >= 15 is 0 Å². The molecule has 5 heteroatoms. The van der Waals surface area contributed by atoms with Crippen LogP contribution < -0.4 is 5.73 Å². The normalized spacial score (nSPS) is 10.5. The monoisotopic (exact) mass is 280 g/mol. The lowest BCUT2D eigenvalue weighted by atomic mass is 9.93. The van der Waals surface area contributed by atoms with Crippen molar-refractivity contribution in [2.45, 2.75) is 26.2 Å². The van der Waals surface area contributed by atoms with E-state index in [9.17, 15) is 9.18 Å². The number of carbonyl (C=O) groups is 1. The largest absolute Gasteiger partial charge is 0.366 e. The third-order valence-electron chi connectivity index (χ3n) is 2.33. The smallest absolute Gasteiger partial charge is 0.248 e. The summed E-state index contributed by atoms with van der Waals surface area (Å²) >= 11 is 1.66. The lowest BCUT2D eigenvalue weighted by molar-refractivity contribution is 0.100. The summed E-state index contributed by atoms with van der Waals surface area (Å²) < 4.78 is 12.2. The number of halogens is 1. The molecule has 0 aliphatic rings. The quantitative estimate of drug-likeness (QED) is 0.870. The van der Waals surface area contributed by atoms with Crippen LogP contribution in [0.25, 0.3) is 0 Å². The third kappa shape index (κ3) is 5.18. The summed E-state index contributed by atoms with van der Waals surface area (Å²) in [4.78, 5) is 14.6. The number of aromatic nitrogens is 1. The number of rotatable bonds is 1. The highest BCUT2D eigenvalue weighted by molar-refractivity contribution is 7.07. The van der Waals surface area contributed by atoms with Crippen LogP contribution in [0.15, 0.2) is 35.2 Å². The van der Waals surface area contributed by atoms with Gasteiger partial charge in [0.05, 0.1) is 11.2 Å². The van der Waals surface area contributed by atoms with Crippen molar-refractivity contribution in [1.29, 1.82) is 0 Å². The average molecular weight is 280 g/mol. The van der Waals surface area contributed by atoms with Crippen LogP contribution in [-0.2, 0) is 5.41 Å². The molecule has 1 amide bonds. The maximum Gasteiger partial charge on any atom is 0.248 e. The predicted octanol–water partition coefficient (Wildman–Crippen LogP) is 3.37. The fraction of sp³-hybridized carbons (Fsp3) is 0.286. The summed E-state index contributed by atoms with van der Waals surface area (Å²) in [6.07, 6.45) is 0. The molecule has 2 aromatic rings. The lowest BCUT2D eigenvalue weighted by Crippen LogP contribution is -2.10. The van der Waals surface area contributed by atoms with Crippen molar-refractivity contribution in [1.82, 2.24) is 4.98 Å². The Bertz CT molecular complexity index is 515. The highest BCUT2D eigenvalue weighted by Gasteiger charge is 2.14. The summed E-state index contributed by atoms with van der Waals surface area (Å²) in [5.41, 5.74) is 8.51. The molecule has 1 heterocycles. The number of benzene rings is 1. The van der Waals surface area contributed by atoms with Crippen molar-refractivity contribution in [2.75, 3.05) is 0 Å². The number of carbonyl (C=O) groups excluding carboxylic acids is 1. The summed E-state index contributed by atoms with van der Waals surface area (Å²) in [5, 5.41) is 2.10. The Balaban J connectivity index is 0.000000191. The first-order chi connectivity index (χ1) is 8.80. The molecule has 0 atom stereocenters. The molecule has 0 fully saturated rings. The van der Waals surface area contributed by atoms with E-state index in [0.717, 1.165) is 0 Å². The van der Waals surface area contributed by atoms with E-state index in [1.54, 1.807) is 11.3 Å². The van der Waals surface area contributed by atoms with Crippen LogP contribution in [0.3, 0.4) is 0 Å². The SMILES string of the molecule is CC(C)(C)c1cscn1.NC(=O)c1ccc(F)cc1. The molecule has 0 unspecified atom stereocenters. The Kier molecular flexibility index (Phi) is 5.18. The van der Waals surface area contributed by atoms with Gasteiger partial charge in [-0.25, -0.2) is 9.37 Å². The van der Waals surface area contributed by atoms with E-state index in [4.69, 9.17) is 5.73 Å². The molecule has 0 saturated heterocycles.